The van der Waals surface area contributed by atoms with Gasteiger partial charge in [-0.05, 0) is 42.8 Å². The van der Waals surface area contributed by atoms with Gasteiger partial charge in [-0.3, -0.25) is 4.79 Å². The molecular formula is C15H12FNO4. The summed E-state index contributed by atoms with van der Waals surface area (Å²) >= 11 is 0. The van der Waals surface area contributed by atoms with Gasteiger partial charge in [-0.2, -0.15) is 0 Å². The normalized spacial score (nSPS) is 10.2. The molecule has 5 nitrogen and oxygen atoms in total. The first kappa shape index (κ1) is 14.5. The second-order valence-corrected chi connectivity index (χ2v) is 4.48. The molecule has 0 fully saturated rings. The molecule has 0 bridgehead atoms. The molecule has 0 aromatic heterocycles. The lowest BCUT2D eigenvalue weighted by Gasteiger charge is -2.09. The van der Waals surface area contributed by atoms with E-state index in [0.717, 1.165) is 6.07 Å². The number of hydrogen-bond donors (Lipinski definition) is 3. The van der Waals surface area contributed by atoms with Crippen molar-refractivity contribution in [2.45, 2.75) is 6.92 Å². The summed E-state index contributed by atoms with van der Waals surface area (Å²) in [7, 11) is 0. The van der Waals surface area contributed by atoms with Gasteiger partial charge in [0, 0.05) is 5.56 Å². The molecule has 3 N–H and O–H groups in total. The van der Waals surface area contributed by atoms with Crippen LogP contribution in [-0.4, -0.2) is 22.1 Å². The van der Waals surface area contributed by atoms with Crippen LogP contribution in [-0.2, 0) is 0 Å². The molecule has 0 unspecified atom stereocenters. The molecule has 0 atom stereocenters. The number of halogens is 1. The van der Waals surface area contributed by atoms with Crippen LogP contribution in [0.25, 0.3) is 0 Å². The third kappa shape index (κ3) is 3.17. The number of aryl methyl sites for hydroxylation is 1. The molecule has 6 heteroatoms. The first-order valence-electron chi connectivity index (χ1n) is 6.02. The molecule has 1 amide bonds. The van der Waals surface area contributed by atoms with Crippen molar-refractivity contribution in [3.63, 3.8) is 0 Å². The standard InChI is InChI=1S/C15H12FNO4/c1-8-5-9(7-10(16)6-8)14(19)17-12-4-2-3-11(13(12)18)15(20)21/h2-7,18H,1H3,(H,17,19)(H,20,21). The lowest BCUT2D eigenvalue weighted by atomic mass is 10.1. The fourth-order valence-corrected chi connectivity index (χ4v) is 1.88. The highest BCUT2D eigenvalue weighted by Crippen LogP contribution is 2.27. The molecule has 2 rings (SSSR count). The smallest absolute Gasteiger partial charge is 0.339 e. The number of anilines is 1. The monoisotopic (exact) mass is 289 g/mol. The van der Waals surface area contributed by atoms with Crippen LogP contribution in [0.1, 0.15) is 26.3 Å². The van der Waals surface area contributed by atoms with Crippen LogP contribution in [0.15, 0.2) is 36.4 Å². The number of rotatable bonds is 3. The minimum Gasteiger partial charge on any atom is -0.505 e. The third-order valence-electron chi connectivity index (χ3n) is 2.82. The van der Waals surface area contributed by atoms with Gasteiger partial charge < -0.3 is 15.5 Å². The largest absolute Gasteiger partial charge is 0.505 e. The molecule has 0 aliphatic heterocycles. The molecule has 0 saturated carbocycles. The first-order valence-corrected chi connectivity index (χ1v) is 6.02. The number of carbonyl (C=O) groups is 2. The SMILES string of the molecule is Cc1cc(F)cc(C(=O)Nc2cccc(C(=O)O)c2O)c1. The van der Waals surface area contributed by atoms with Crippen LogP contribution in [0.2, 0.25) is 0 Å². The number of aromatic carboxylic acids is 1. The number of amides is 1. The van der Waals surface area contributed by atoms with Gasteiger partial charge in [0.05, 0.1) is 5.69 Å². The number of carboxylic acid groups (broad SMARTS) is 1. The van der Waals surface area contributed by atoms with E-state index in [0.29, 0.717) is 5.56 Å². The summed E-state index contributed by atoms with van der Waals surface area (Å²) in [6.45, 7) is 1.64. The van der Waals surface area contributed by atoms with E-state index in [4.69, 9.17) is 5.11 Å². The van der Waals surface area contributed by atoms with Gasteiger partial charge in [0.2, 0.25) is 0 Å². The van der Waals surface area contributed by atoms with Crippen molar-refractivity contribution in [1.82, 2.24) is 0 Å². The first-order chi connectivity index (χ1) is 9.88. The second-order valence-electron chi connectivity index (χ2n) is 4.48. The highest BCUT2D eigenvalue weighted by Gasteiger charge is 2.15. The minimum atomic E-state index is -1.31. The molecule has 0 heterocycles. The van der Waals surface area contributed by atoms with Crippen LogP contribution in [0.3, 0.4) is 0 Å². The van der Waals surface area contributed by atoms with E-state index in [1.807, 2.05) is 0 Å². The molecule has 2 aromatic rings. The lowest BCUT2D eigenvalue weighted by Crippen LogP contribution is -2.13. The van der Waals surface area contributed by atoms with Crippen molar-refractivity contribution in [3.8, 4) is 5.75 Å². The van der Waals surface area contributed by atoms with E-state index < -0.39 is 23.4 Å². The van der Waals surface area contributed by atoms with Gasteiger partial charge in [-0.15, -0.1) is 0 Å². The fraction of sp³-hybridized carbons (Fsp3) is 0.0667. The average Bonchev–Trinajstić information content (AvgIpc) is 2.39. The number of carboxylic acids is 1. The topological polar surface area (TPSA) is 86.6 Å². The maximum Gasteiger partial charge on any atom is 0.339 e. The van der Waals surface area contributed by atoms with Crippen molar-refractivity contribution in [2.75, 3.05) is 5.32 Å². The van der Waals surface area contributed by atoms with Gasteiger partial charge in [0.25, 0.3) is 5.91 Å². The number of phenols is 1. The molecule has 0 saturated heterocycles. The van der Waals surface area contributed by atoms with Gasteiger partial charge in [0.1, 0.15) is 11.4 Å². The summed E-state index contributed by atoms with van der Waals surface area (Å²) in [5.74, 6) is -3.06. The van der Waals surface area contributed by atoms with E-state index in [1.165, 1.54) is 30.3 Å². The van der Waals surface area contributed by atoms with Crippen LogP contribution >= 0.6 is 0 Å². The van der Waals surface area contributed by atoms with Crippen molar-refractivity contribution in [2.24, 2.45) is 0 Å². The van der Waals surface area contributed by atoms with Crippen molar-refractivity contribution < 1.29 is 24.2 Å². The molecule has 0 aliphatic carbocycles. The molecule has 0 aliphatic rings. The Kier molecular flexibility index (Phi) is 3.89. The van der Waals surface area contributed by atoms with Crippen LogP contribution in [0, 0.1) is 12.7 Å². The third-order valence-corrected chi connectivity index (χ3v) is 2.82. The quantitative estimate of drug-likeness (QED) is 0.758. The van der Waals surface area contributed by atoms with Gasteiger partial charge in [-0.1, -0.05) is 6.07 Å². The van der Waals surface area contributed by atoms with Crippen LogP contribution < -0.4 is 5.32 Å². The number of para-hydroxylation sites is 1. The zero-order valence-corrected chi connectivity index (χ0v) is 11.1. The highest BCUT2D eigenvalue weighted by molar-refractivity contribution is 6.06. The van der Waals surface area contributed by atoms with E-state index in [2.05, 4.69) is 5.32 Å². The van der Waals surface area contributed by atoms with Crippen molar-refractivity contribution >= 4 is 17.6 Å². The number of benzene rings is 2. The molecule has 0 spiro atoms. The van der Waals surface area contributed by atoms with E-state index in [-0.39, 0.29) is 16.8 Å². The summed E-state index contributed by atoms with van der Waals surface area (Å²) in [6.07, 6.45) is 0. The Balaban J connectivity index is 2.32. The van der Waals surface area contributed by atoms with Crippen molar-refractivity contribution in [3.05, 3.63) is 58.9 Å². The summed E-state index contributed by atoms with van der Waals surface area (Å²) in [6, 6.07) is 7.76. The Labute approximate surface area is 119 Å². The van der Waals surface area contributed by atoms with Gasteiger partial charge >= 0.3 is 5.97 Å². The number of aromatic hydroxyl groups is 1. The minimum absolute atomic E-state index is 0.0539. The summed E-state index contributed by atoms with van der Waals surface area (Å²) in [4.78, 5) is 22.9. The van der Waals surface area contributed by atoms with Crippen LogP contribution in [0.5, 0.6) is 5.75 Å². The molecule has 108 valence electrons. The van der Waals surface area contributed by atoms with E-state index >= 15 is 0 Å². The second kappa shape index (κ2) is 5.62. The summed E-state index contributed by atoms with van der Waals surface area (Å²) < 4.78 is 13.3. The Morgan fingerprint density at radius 2 is 1.90 bits per heavy atom. The Morgan fingerprint density at radius 3 is 2.52 bits per heavy atom. The van der Waals surface area contributed by atoms with Crippen molar-refractivity contribution in [1.29, 1.82) is 0 Å². The molecule has 2 aromatic carbocycles. The zero-order valence-electron chi connectivity index (χ0n) is 11.1. The van der Waals surface area contributed by atoms with E-state index in [1.54, 1.807) is 6.92 Å². The zero-order chi connectivity index (χ0) is 15.6. The molecule has 0 radical (unpaired) electrons. The van der Waals surface area contributed by atoms with Gasteiger partial charge in [-0.25, -0.2) is 9.18 Å². The maximum atomic E-state index is 13.3. The summed E-state index contributed by atoms with van der Waals surface area (Å²) in [5, 5.41) is 21.0. The fourth-order valence-electron chi connectivity index (χ4n) is 1.88. The molecular weight excluding hydrogens is 277 g/mol. The highest BCUT2D eigenvalue weighted by atomic mass is 19.1. The Hall–Kier alpha value is -2.89. The van der Waals surface area contributed by atoms with Crippen LogP contribution in [0.4, 0.5) is 10.1 Å². The number of carbonyl (C=O) groups excluding carboxylic acids is 1. The predicted molar refractivity (Wildman–Crippen MR) is 74.2 cm³/mol. The van der Waals surface area contributed by atoms with Gasteiger partial charge in [0.15, 0.2) is 5.75 Å². The Morgan fingerprint density at radius 1 is 1.19 bits per heavy atom. The number of nitrogens with one attached hydrogen (secondary N) is 1. The Bertz CT molecular complexity index is 707. The summed E-state index contributed by atoms with van der Waals surface area (Å²) in [5.41, 5.74) is 0.265. The lowest BCUT2D eigenvalue weighted by molar-refractivity contribution is 0.0693. The van der Waals surface area contributed by atoms with E-state index in [9.17, 15) is 19.1 Å². The number of hydrogen-bond acceptors (Lipinski definition) is 3. The maximum absolute atomic E-state index is 13.3. The predicted octanol–water partition coefficient (Wildman–Crippen LogP) is 2.79. The average molecular weight is 289 g/mol. The molecule has 21 heavy (non-hydrogen) atoms.